The molecule has 1 fully saturated rings. The number of rotatable bonds is 6. The van der Waals surface area contributed by atoms with Crippen molar-refractivity contribution in [2.75, 3.05) is 29.9 Å². The molecule has 5 heteroatoms. The molecule has 20 heavy (non-hydrogen) atoms. The van der Waals surface area contributed by atoms with Gasteiger partial charge in [0, 0.05) is 44.0 Å². The Morgan fingerprint density at radius 3 is 2.90 bits per heavy atom. The molecule has 0 radical (unpaired) electrons. The first kappa shape index (κ1) is 14.6. The van der Waals surface area contributed by atoms with Gasteiger partial charge in [0.25, 0.3) is 0 Å². The van der Waals surface area contributed by atoms with Crippen molar-refractivity contribution in [1.29, 1.82) is 0 Å². The lowest BCUT2D eigenvalue weighted by Gasteiger charge is -2.33. The van der Waals surface area contributed by atoms with E-state index in [0.29, 0.717) is 12.3 Å². The predicted molar refractivity (Wildman–Crippen MR) is 81.8 cm³/mol. The lowest BCUT2D eigenvalue weighted by molar-refractivity contribution is -0.119. The number of nitrogens with zero attached hydrogens (tertiary/aromatic N) is 2. The first-order chi connectivity index (χ1) is 9.69. The number of hydrogen-bond donors (Lipinski definition) is 2. The van der Waals surface area contributed by atoms with Crippen LogP contribution in [0.2, 0.25) is 0 Å². The van der Waals surface area contributed by atoms with Gasteiger partial charge in [-0.3, -0.25) is 4.79 Å². The highest BCUT2D eigenvalue weighted by molar-refractivity contribution is 5.74. The normalized spacial score (nSPS) is 16.1. The number of nitrogens with two attached hydrogens (primary N) is 1. The number of carbonyl (C=O) groups excluding carboxylic acids is 1. The molecule has 1 saturated heterocycles. The second-order valence-electron chi connectivity index (χ2n) is 5.43. The third kappa shape index (κ3) is 4.11. The smallest absolute Gasteiger partial charge is 0.217 e. The third-order valence-electron chi connectivity index (χ3n) is 3.77. The minimum atomic E-state index is -0.182. The fourth-order valence-electron chi connectivity index (χ4n) is 2.65. The second-order valence-corrected chi connectivity index (χ2v) is 5.43. The summed E-state index contributed by atoms with van der Waals surface area (Å²) in [6.07, 6.45) is 5.52. The highest BCUT2D eigenvalue weighted by atomic mass is 16.1. The van der Waals surface area contributed by atoms with E-state index in [1.54, 1.807) is 0 Å². The second kappa shape index (κ2) is 7.12. The van der Waals surface area contributed by atoms with E-state index >= 15 is 0 Å². The van der Waals surface area contributed by atoms with E-state index in [0.717, 1.165) is 44.7 Å². The zero-order valence-corrected chi connectivity index (χ0v) is 12.1. The van der Waals surface area contributed by atoms with E-state index in [4.69, 9.17) is 5.73 Å². The van der Waals surface area contributed by atoms with E-state index < -0.39 is 0 Å². The molecule has 1 aromatic rings. The topological polar surface area (TPSA) is 71.2 Å². The summed E-state index contributed by atoms with van der Waals surface area (Å²) in [5, 5.41) is 3.31. The Bertz CT molecular complexity index is 441. The van der Waals surface area contributed by atoms with Gasteiger partial charge in [0.1, 0.15) is 5.82 Å². The fourth-order valence-corrected chi connectivity index (χ4v) is 2.65. The molecule has 2 heterocycles. The van der Waals surface area contributed by atoms with Crippen LogP contribution >= 0.6 is 0 Å². The van der Waals surface area contributed by atoms with Crippen LogP contribution in [0.25, 0.3) is 0 Å². The Balaban J connectivity index is 1.91. The number of pyridine rings is 1. The van der Waals surface area contributed by atoms with Crippen molar-refractivity contribution in [1.82, 2.24) is 4.98 Å². The van der Waals surface area contributed by atoms with Crippen LogP contribution in [0.15, 0.2) is 18.3 Å². The monoisotopic (exact) mass is 276 g/mol. The lowest BCUT2D eigenvalue weighted by Crippen LogP contribution is -2.35. The van der Waals surface area contributed by atoms with Crippen LogP contribution < -0.4 is 16.0 Å². The van der Waals surface area contributed by atoms with E-state index in [-0.39, 0.29) is 5.91 Å². The Morgan fingerprint density at radius 2 is 2.25 bits per heavy atom. The summed E-state index contributed by atoms with van der Waals surface area (Å²) < 4.78 is 0. The van der Waals surface area contributed by atoms with Gasteiger partial charge < -0.3 is 16.0 Å². The van der Waals surface area contributed by atoms with Crippen molar-refractivity contribution in [3.63, 3.8) is 0 Å². The molecule has 0 spiro atoms. The predicted octanol–water partition coefficient (Wildman–Crippen LogP) is 2.00. The molecule has 1 amide bonds. The van der Waals surface area contributed by atoms with Gasteiger partial charge in [0.05, 0.1) is 0 Å². The Hall–Kier alpha value is -1.78. The Morgan fingerprint density at radius 1 is 1.50 bits per heavy atom. The van der Waals surface area contributed by atoms with Gasteiger partial charge in [0.15, 0.2) is 0 Å². The average Bonchev–Trinajstić information content (AvgIpc) is 2.45. The average molecular weight is 276 g/mol. The highest BCUT2D eigenvalue weighted by Crippen LogP contribution is 2.25. The lowest BCUT2D eigenvalue weighted by atomic mass is 9.93. The third-order valence-corrected chi connectivity index (χ3v) is 3.77. The van der Waals surface area contributed by atoms with Gasteiger partial charge in [-0.05, 0) is 31.2 Å². The summed E-state index contributed by atoms with van der Waals surface area (Å²) in [6, 6.07) is 4.15. The minimum Gasteiger partial charge on any atom is -0.371 e. The molecule has 0 atom stereocenters. The number of amides is 1. The number of hydrogen-bond acceptors (Lipinski definition) is 4. The van der Waals surface area contributed by atoms with Crippen molar-refractivity contribution in [2.24, 2.45) is 11.7 Å². The molecule has 0 unspecified atom stereocenters. The van der Waals surface area contributed by atoms with Crippen molar-refractivity contribution in [2.45, 2.75) is 32.6 Å². The molecule has 0 saturated carbocycles. The van der Waals surface area contributed by atoms with Gasteiger partial charge in [-0.2, -0.15) is 0 Å². The number of piperidine rings is 1. The molecule has 1 aliphatic rings. The number of nitrogens with one attached hydrogen (secondary N) is 1. The van der Waals surface area contributed by atoms with Crippen LogP contribution in [0.5, 0.6) is 0 Å². The van der Waals surface area contributed by atoms with Crippen molar-refractivity contribution in [3.8, 4) is 0 Å². The van der Waals surface area contributed by atoms with Crippen LogP contribution in [0, 0.1) is 5.92 Å². The summed E-state index contributed by atoms with van der Waals surface area (Å²) in [6.45, 7) is 5.04. The number of primary amides is 1. The standard InChI is InChI=1S/C15H24N4O/c1-2-6-17-15-11-13(3-7-18-15)19-8-4-12(5-9-19)10-14(16)20/h3,7,11-12H,2,4-6,8-10H2,1H3,(H2,16,20)(H,17,18). The van der Waals surface area contributed by atoms with Gasteiger partial charge >= 0.3 is 0 Å². The van der Waals surface area contributed by atoms with Crippen LogP contribution in [-0.2, 0) is 4.79 Å². The molecule has 0 aromatic carbocycles. The molecular weight excluding hydrogens is 252 g/mol. The molecule has 0 bridgehead atoms. The summed E-state index contributed by atoms with van der Waals surface area (Å²) in [5.41, 5.74) is 6.47. The molecule has 3 N–H and O–H groups in total. The highest BCUT2D eigenvalue weighted by Gasteiger charge is 2.21. The summed E-state index contributed by atoms with van der Waals surface area (Å²) >= 11 is 0. The zero-order valence-electron chi connectivity index (χ0n) is 12.1. The van der Waals surface area contributed by atoms with Crippen molar-refractivity contribution in [3.05, 3.63) is 18.3 Å². The fraction of sp³-hybridized carbons (Fsp3) is 0.600. The molecule has 2 rings (SSSR count). The Labute approximate surface area is 120 Å². The number of carbonyl (C=O) groups is 1. The largest absolute Gasteiger partial charge is 0.371 e. The first-order valence-electron chi connectivity index (χ1n) is 7.42. The maximum absolute atomic E-state index is 11.0. The van der Waals surface area contributed by atoms with E-state index in [9.17, 15) is 4.79 Å². The number of anilines is 2. The molecule has 5 nitrogen and oxygen atoms in total. The molecule has 1 aromatic heterocycles. The summed E-state index contributed by atoms with van der Waals surface area (Å²) in [4.78, 5) is 17.6. The number of aromatic nitrogens is 1. The molecule has 110 valence electrons. The SMILES string of the molecule is CCCNc1cc(N2CCC(CC(N)=O)CC2)ccn1. The van der Waals surface area contributed by atoms with Gasteiger partial charge in [0.2, 0.25) is 5.91 Å². The van der Waals surface area contributed by atoms with Crippen molar-refractivity contribution < 1.29 is 4.79 Å². The Kier molecular flexibility index (Phi) is 5.21. The van der Waals surface area contributed by atoms with Crippen LogP contribution in [-0.4, -0.2) is 30.5 Å². The molecule has 0 aliphatic carbocycles. The van der Waals surface area contributed by atoms with Gasteiger partial charge in [-0.1, -0.05) is 6.92 Å². The van der Waals surface area contributed by atoms with Crippen LogP contribution in [0.4, 0.5) is 11.5 Å². The van der Waals surface area contributed by atoms with Gasteiger partial charge in [-0.25, -0.2) is 4.98 Å². The maximum atomic E-state index is 11.0. The maximum Gasteiger partial charge on any atom is 0.217 e. The summed E-state index contributed by atoms with van der Waals surface area (Å²) in [7, 11) is 0. The van der Waals surface area contributed by atoms with Crippen LogP contribution in [0.3, 0.4) is 0 Å². The van der Waals surface area contributed by atoms with Crippen LogP contribution in [0.1, 0.15) is 32.6 Å². The van der Waals surface area contributed by atoms with E-state index in [1.165, 1.54) is 5.69 Å². The van der Waals surface area contributed by atoms with Crippen molar-refractivity contribution >= 4 is 17.4 Å². The van der Waals surface area contributed by atoms with E-state index in [1.807, 2.05) is 12.3 Å². The first-order valence-corrected chi connectivity index (χ1v) is 7.42. The minimum absolute atomic E-state index is 0.182. The van der Waals surface area contributed by atoms with Gasteiger partial charge in [-0.15, -0.1) is 0 Å². The zero-order chi connectivity index (χ0) is 14.4. The molecule has 1 aliphatic heterocycles. The summed E-state index contributed by atoms with van der Waals surface area (Å²) in [5.74, 6) is 1.20. The quantitative estimate of drug-likeness (QED) is 0.833. The molecular formula is C15H24N4O. The van der Waals surface area contributed by atoms with E-state index in [2.05, 4.69) is 28.2 Å².